The van der Waals surface area contributed by atoms with Crippen molar-refractivity contribution < 1.29 is 22.8 Å². The molecule has 0 aliphatic heterocycles. The van der Waals surface area contributed by atoms with Crippen molar-refractivity contribution in [1.29, 1.82) is 0 Å². The molecule has 1 saturated carbocycles. The molecule has 3 rings (SSSR count). The van der Waals surface area contributed by atoms with E-state index >= 15 is 0 Å². The summed E-state index contributed by atoms with van der Waals surface area (Å²) in [7, 11) is -4.10. The Labute approximate surface area is 142 Å². The monoisotopic (exact) mass is 375 g/mol. The molecule has 1 fully saturated rings. The van der Waals surface area contributed by atoms with Gasteiger partial charge < -0.3 is 14.8 Å². The molecule has 0 amide bonds. The lowest BCUT2D eigenvalue weighted by atomic mass is 10.1. The number of nitrogens with zero attached hydrogens (tertiary/aromatic N) is 4. The largest absolute Gasteiger partial charge is 0.390 e. The highest BCUT2D eigenvalue weighted by Gasteiger charge is 2.43. The van der Waals surface area contributed by atoms with Crippen molar-refractivity contribution in [3.8, 4) is 0 Å². The highest BCUT2D eigenvalue weighted by Crippen LogP contribution is 2.37. The minimum Gasteiger partial charge on any atom is -0.390 e. The fraction of sp³-hybridized carbons (Fsp3) is 0.583. The highest BCUT2D eigenvalue weighted by molar-refractivity contribution is 7.98. The molecule has 0 saturated heterocycles. The van der Waals surface area contributed by atoms with E-state index in [-0.39, 0.29) is 6.61 Å². The van der Waals surface area contributed by atoms with Crippen LogP contribution in [0, 0.1) is 5.92 Å². The Morgan fingerprint density at radius 2 is 2.12 bits per heavy atom. The van der Waals surface area contributed by atoms with Crippen molar-refractivity contribution in [2.75, 3.05) is 12.9 Å². The van der Waals surface area contributed by atoms with Gasteiger partial charge in [0.05, 0.1) is 25.1 Å². The molecule has 0 bridgehead atoms. The lowest BCUT2D eigenvalue weighted by Gasteiger charge is -2.18. The SMILES string of the molecule is CSc1ncnc2c1ncn2[C@@H]1C[C@H](COS(N)(=O)=O)[C@@H](O)[C@H]1O. The van der Waals surface area contributed by atoms with Crippen molar-refractivity contribution in [2.45, 2.75) is 29.7 Å². The second kappa shape index (κ2) is 6.54. The molecule has 1 aliphatic rings. The molecule has 2 aromatic heterocycles. The molecule has 0 aromatic carbocycles. The first-order chi connectivity index (χ1) is 11.3. The fourth-order valence-corrected chi connectivity index (χ4v) is 3.80. The van der Waals surface area contributed by atoms with Gasteiger partial charge in [-0.05, 0) is 12.7 Å². The van der Waals surface area contributed by atoms with Gasteiger partial charge in [0.25, 0.3) is 0 Å². The molecule has 132 valence electrons. The molecule has 10 nitrogen and oxygen atoms in total. The van der Waals surface area contributed by atoms with E-state index in [1.165, 1.54) is 24.4 Å². The van der Waals surface area contributed by atoms with Gasteiger partial charge in [0, 0.05) is 5.92 Å². The van der Waals surface area contributed by atoms with Crippen molar-refractivity contribution in [1.82, 2.24) is 19.5 Å². The van der Waals surface area contributed by atoms with Gasteiger partial charge in [-0.15, -0.1) is 11.8 Å². The summed E-state index contributed by atoms with van der Waals surface area (Å²) in [4.78, 5) is 12.6. The Balaban J connectivity index is 1.87. The maximum absolute atomic E-state index is 10.9. The molecule has 4 atom stereocenters. The van der Waals surface area contributed by atoms with Crippen molar-refractivity contribution in [3.05, 3.63) is 12.7 Å². The Morgan fingerprint density at radius 1 is 1.38 bits per heavy atom. The van der Waals surface area contributed by atoms with Crippen LogP contribution in [0.1, 0.15) is 12.5 Å². The molecular formula is C12H17N5O5S2. The number of aromatic nitrogens is 4. The van der Waals surface area contributed by atoms with Crippen LogP contribution in [0.2, 0.25) is 0 Å². The van der Waals surface area contributed by atoms with Gasteiger partial charge in [-0.3, -0.25) is 4.18 Å². The Kier molecular flexibility index (Phi) is 4.77. The third kappa shape index (κ3) is 3.25. The normalized spacial score (nSPS) is 27.8. The van der Waals surface area contributed by atoms with Gasteiger partial charge in [-0.1, -0.05) is 0 Å². The number of imidazole rings is 1. The summed E-state index contributed by atoms with van der Waals surface area (Å²) < 4.78 is 28.0. The van der Waals surface area contributed by atoms with E-state index in [9.17, 15) is 18.6 Å². The minimum atomic E-state index is -4.10. The number of thioether (sulfide) groups is 1. The average Bonchev–Trinajstić information content (AvgIpc) is 3.07. The van der Waals surface area contributed by atoms with E-state index in [4.69, 9.17) is 5.14 Å². The number of hydrogen-bond acceptors (Lipinski definition) is 9. The maximum Gasteiger partial charge on any atom is 0.333 e. The van der Waals surface area contributed by atoms with Crippen molar-refractivity contribution >= 4 is 33.2 Å². The predicted octanol–water partition coefficient (Wildman–Crippen LogP) is -0.949. The summed E-state index contributed by atoms with van der Waals surface area (Å²) in [6.07, 6.45) is 2.85. The van der Waals surface area contributed by atoms with Crippen LogP contribution in [0.15, 0.2) is 17.7 Å². The lowest BCUT2D eigenvalue weighted by Crippen LogP contribution is -2.31. The number of aliphatic hydroxyl groups excluding tert-OH is 2. The third-order valence-corrected chi connectivity index (χ3v) is 5.24. The maximum atomic E-state index is 10.9. The molecular weight excluding hydrogens is 358 g/mol. The van der Waals surface area contributed by atoms with Crippen LogP contribution in [-0.2, 0) is 14.5 Å². The zero-order valence-electron chi connectivity index (χ0n) is 12.7. The third-order valence-electron chi connectivity index (χ3n) is 4.09. The first kappa shape index (κ1) is 17.5. The molecule has 0 spiro atoms. The molecule has 2 heterocycles. The Bertz CT molecular complexity index is 841. The highest BCUT2D eigenvalue weighted by atomic mass is 32.2. The summed E-state index contributed by atoms with van der Waals surface area (Å²) in [6, 6.07) is -0.510. The summed E-state index contributed by atoms with van der Waals surface area (Å²) in [5, 5.41) is 26.0. The van der Waals surface area contributed by atoms with Crippen LogP contribution in [-0.4, -0.2) is 63.2 Å². The van der Waals surface area contributed by atoms with E-state index in [0.717, 1.165) is 0 Å². The van der Waals surface area contributed by atoms with Crippen molar-refractivity contribution in [3.63, 3.8) is 0 Å². The average molecular weight is 375 g/mol. The molecule has 24 heavy (non-hydrogen) atoms. The molecule has 1 aliphatic carbocycles. The number of aliphatic hydroxyl groups is 2. The Hall–Kier alpha value is -1.31. The van der Waals surface area contributed by atoms with Gasteiger partial charge in [0.15, 0.2) is 5.65 Å². The summed E-state index contributed by atoms with van der Waals surface area (Å²) in [5.41, 5.74) is 1.15. The van der Waals surface area contributed by atoms with Gasteiger partial charge >= 0.3 is 10.3 Å². The number of nitrogens with two attached hydrogens (primary N) is 1. The van der Waals surface area contributed by atoms with E-state index < -0.39 is 34.5 Å². The number of rotatable bonds is 5. The van der Waals surface area contributed by atoms with Crippen LogP contribution in [0.5, 0.6) is 0 Å². The first-order valence-corrected chi connectivity index (χ1v) is 9.76. The summed E-state index contributed by atoms with van der Waals surface area (Å²) in [6.45, 7) is -0.300. The Morgan fingerprint density at radius 3 is 2.79 bits per heavy atom. The standard InChI is InChI=1S/C12H17N5O5S2/c1-23-12-8-11(14-4-15-12)17(5-16-8)7-2-6(9(18)10(7)19)3-22-24(13,20)21/h4-7,9-10,18-19H,2-3H2,1H3,(H2,13,20,21)/t6-,7-,9-,10+/m1/s1. The molecule has 0 radical (unpaired) electrons. The number of hydrogen-bond donors (Lipinski definition) is 3. The smallest absolute Gasteiger partial charge is 0.333 e. The van der Waals surface area contributed by atoms with Crippen LogP contribution in [0.4, 0.5) is 0 Å². The van der Waals surface area contributed by atoms with E-state index in [1.54, 1.807) is 4.57 Å². The topological polar surface area (TPSA) is 153 Å². The van der Waals surface area contributed by atoms with Gasteiger partial charge in [0.2, 0.25) is 0 Å². The zero-order chi connectivity index (χ0) is 17.5. The second-order valence-corrected chi connectivity index (χ2v) is 7.54. The molecule has 2 aromatic rings. The zero-order valence-corrected chi connectivity index (χ0v) is 14.3. The van der Waals surface area contributed by atoms with E-state index in [0.29, 0.717) is 22.6 Å². The number of fused-ring (bicyclic) bond motifs is 1. The van der Waals surface area contributed by atoms with Gasteiger partial charge in [0.1, 0.15) is 23.0 Å². The van der Waals surface area contributed by atoms with E-state index in [1.807, 2.05) is 6.26 Å². The fourth-order valence-electron chi connectivity index (χ4n) is 2.94. The van der Waals surface area contributed by atoms with Crippen molar-refractivity contribution in [2.24, 2.45) is 11.1 Å². The minimum absolute atomic E-state index is 0.294. The van der Waals surface area contributed by atoms with E-state index in [2.05, 4.69) is 19.1 Å². The molecule has 0 unspecified atom stereocenters. The predicted molar refractivity (Wildman–Crippen MR) is 85.3 cm³/mol. The lowest BCUT2D eigenvalue weighted by molar-refractivity contribution is -0.000991. The van der Waals surface area contributed by atoms with Gasteiger partial charge in [-0.2, -0.15) is 8.42 Å². The van der Waals surface area contributed by atoms with Crippen LogP contribution < -0.4 is 5.14 Å². The first-order valence-electron chi connectivity index (χ1n) is 7.06. The summed E-state index contributed by atoms with van der Waals surface area (Å²) in [5.74, 6) is -0.581. The van der Waals surface area contributed by atoms with Crippen LogP contribution >= 0.6 is 11.8 Å². The van der Waals surface area contributed by atoms with Gasteiger partial charge in [-0.25, -0.2) is 20.1 Å². The molecule has 4 N–H and O–H groups in total. The second-order valence-electron chi connectivity index (χ2n) is 5.53. The quantitative estimate of drug-likeness (QED) is 0.443. The van der Waals surface area contributed by atoms with Crippen LogP contribution in [0.3, 0.4) is 0 Å². The summed E-state index contributed by atoms with van der Waals surface area (Å²) >= 11 is 1.43. The molecule has 12 heteroatoms. The van der Waals surface area contributed by atoms with Crippen LogP contribution in [0.25, 0.3) is 11.2 Å².